The summed E-state index contributed by atoms with van der Waals surface area (Å²) in [7, 11) is 3.79. The summed E-state index contributed by atoms with van der Waals surface area (Å²) >= 11 is 0. The summed E-state index contributed by atoms with van der Waals surface area (Å²) in [6.07, 6.45) is 7.39. The molecule has 2 aromatic rings. The molecule has 0 radical (unpaired) electrons. The second-order valence-corrected chi connectivity index (χ2v) is 3.01. The molecule has 0 saturated heterocycles. The maximum Gasteiger partial charge on any atom is 0.267 e. The molecule has 0 aliphatic carbocycles. The van der Waals surface area contributed by atoms with Crippen molar-refractivity contribution in [1.82, 2.24) is 19.6 Å². The summed E-state index contributed by atoms with van der Waals surface area (Å²) in [5.74, 6) is 0. The average molecular weight is 180 g/mol. The SMILES string of the molecule is Cn1c[n+](C[n+]2cnn(C)c2)cn1. The molecule has 6 nitrogen and oxygen atoms in total. The third-order valence-corrected chi connectivity index (χ3v) is 1.72. The van der Waals surface area contributed by atoms with E-state index < -0.39 is 0 Å². The fourth-order valence-corrected chi connectivity index (χ4v) is 1.18. The Kier molecular flexibility index (Phi) is 1.80. The molecule has 0 atom stereocenters. The molecule has 0 aliphatic heterocycles. The van der Waals surface area contributed by atoms with Crippen LogP contribution in [0.1, 0.15) is 0 Å². The first kappa shape index (κ1) is 7.90. The van der Waals surface area contributed by atoms with Gasteiger partial charge in [0.05, 0.1) is 14.1 Å². The van der Waals surface area contributed by atoms with E-state index in [0.717, 1.165) is 6.67 Å². The first-order valence-electron chi connectivity index (χ1n) is 3.99. The number of nitrogens with zero attached hydrogens (tertiary/aromatic N) is 6. The van der Waals surface area contributed by atoms with Gasteiger partial charge in [0.2, 0.25) is 12.7 Å². The first-order valence-corrected chi connectivity index (χ1v) is 3.99. The van der Waals surface area contributed by atoms with Gasteiger partial charge in [0.15, 0.2) is 6.67 Å². The predicted octanol–water partition coefficient (Wildman–Crippen LogP) is -1.77. The van der Waals surface area contributed by atoms with E-state index >= 15 is 0 Å². The van der Waals surface area contributed by atoms with E-state index in [0.29, 0.717) is 0 Å². The lowest BCUT2D eigenvalue weighted by Crippen LogP contribution is -2.49. The van der Waals surface area contributed by atoms with Crippen molar-refractivity contribution in [1.29, 1.82) is 0 Å². The topological polar surface area (TPSA) is 43.4 Å². The fourth-order valence-electron chi connectivity index (χ4n) is 1.18. The van der Waals surface area contributed by atoms with Crippen molar-refractivity contribution in [3.63, 3.8) is 0 Å². The van der Waals surface area contributed by atoms with Gasteiger partial charge in [-0.2, -0.15) is 0 Å². The van der Waals surface area contributed by atoms with Crippen LogP contribution in [0.2, 0.25) is 0 Å². The van der Waals surface area contributed by atoms with Gasteiger partial charge in [0.1, 0.15) is 0 Å². The lowest BCUT2D eigenvalue weighted by molar-refractivity contribution is -0.913. The molecule has 0 spiro atoms. The normalized spacial score (nSPS) is 10.6. The molecule has 0 N–H and O–H groups in total. The molecule has 13 heavy (non-hydrogen) atoms. The van der Waals surface area contributed by atoms with Gasteiger partial charge in [0.25, 0.3) is 12.7 Å². The third-order valence-electron chi connectivity index (χ3n) is 1.72. The molecule has 0 amide bonds. The summed E-state index contributed by atoms with van der Waals surface area (Å²) in [6, 6.07) is 0. The highest BCUT2D eigenvalue weighted by atomic mass is 15.4. The Hall–Kier alpha value is -1.72. The van der Waals surface area contributed by atoms with Crippen LogP contribution >= 0.6 is 0 Å². The molecule has 2 heterocycles. The van der Waals surface area contributed by atoms with Crippen LogP contribution in [0.4, 0.5) is 0 Å². The summed E-state index contributed by atoms with van der Waals surface area (Å²) in [6.45, 7) is 0.738. The minimum Gasteiger partial charge on any atom is -0.205 e. The monoisotopic (exact) mass is 180 g/mol. The number of hydrogen-bond donors (Lipinski definition) is 0. The van der Waals surface area contributed by atoms with Gasteiger partial charge in [-0.3, -0.25) is 0 Å². The van der Waals surface area contributed by atoms with E-state index in [2.05, 4.69) is 10.2 Å². The zero-order valence-electron chi connectivity index (χ0n) is 7.70. The highest BCUT2D eigenvalue weighted by molar-refractivity contribution is 4.38. The van der Waals surface area contributed by atoms with E-state index in [9.17, 15) is 0 Å². The molecular weight excluding hydrogens is 168 g/mol. The number of hydrogen-bond acceptors (Lipinski definition) is 2. The summed E-state index contributed by atoms with van der Waals surface area (Å²) in [4.78, 5) is 0. The Labute approximate surface area is 75.7 Å². The standard InChI is InChI=1S/C7H12N6/c1-10-5-12(3-8-10)7-13-4-9-11(2)6-13/h3-6H,7H2,1-2H3/q+2. The first-order chi connectivity index (χ1) is 6.24. The van der Waals surface area contributed by atoms with Crippen LogP contribution in [-0.4, -0.2) is 19.6 Å². The Bertz CT molecular complexity index is 362. The number of aryl methyl sites for hydroxylation is 2. The zero-order valence-corrected chi connectivity index (χ0v) is 7.70. The molecular formula is C7H12N6+2. The van der Waals surface area contributed by atoms with Crippen LogP contribution in [0, 0.1) is 0 Å². The van der Waals surface area contributed by atoms with Gasteiger partial charge < -0.3 is 0 Å². The average Bonchev–Trinajstić information content (AvgIpc) is 2.62. The van der Waals surface area contributed by atoms with E-state index in [1.165, 1.54) is 0 Å². The highest BCUT2D eigenvalue weighted by Crippen LogP contribution is 1.71. The highest BCUT2D eigenvalue weighted by Gasteiger charge is 2.06. The fraction of sp³-hybridized carbons (Fsp3) is 0.429. The van der Waals surface area contributed by atoms with E-state index in [1.54, 1.807) is 22.0 Å². The molecule has 0 bridgehead atoms. The second-order valence-electron chi connectivity index (χ2n) is 3.01. The Morgan fingerprint density at radius 1 is 1.00 bits per heavy atom. The van der Waals surface area contributed by atoms with Gasteiger partial charge in [-0.15, -0.1) is 9.36 Å². The molecule has 2 rings (SSSR count). The smallest absolute Gasteiger partial charge is 0.205 e. The van der Waals surface area contributed by atoms with Crippen LogP contribution in [-0.2, 0) is 20.8 Å². The van der Waals surface area contributed by atoms with Crippen molar-refractivity contribution < 1.29 is 9.13 Å². The minimum atomic E-state index is 0.738. The predicted molar refractivity (Wildman–Crippen MR) is 42.2 cm³/mol. The quantitative estimate of drug-likeness (QED) is 0.514. The maximum atomic E-state index is 4.06. The van der Waals surface area contributed by atoms with Gasteiger partial charge in [-0.1, -0.05) is 0 Å². The van der Waals surface area contributed by atoms with Crippen molar-refractivity contribution in [2.24, 2.45) is 14.1 Å². The van der Waals surface area contributed by atoms with Crippen molar-refractivity contribution in [3.05, 3.63) is 25.3 Å². The zero-order chi connectivity index (χ0) is 9.26. The van der Waals surface area contributed by atoms with Crippen molar-refractivity contribution in [2.45, 2.75) is 6.67 Å². The molecule has 2 aromatic heterocycles. The molecule has 68 valence electrons. The van der Waals surface area contributed by atoms with E-state index in [1.807, 2.05) is 35.9 Å². The molecule has 0 saturated carbocycles. The van der Waals surface area contributed by atoms with Crippen molar-refractivity contribution >= 4 is 0 Å². The molecule has 0 aromatic carbocycles. The van der Waals surface area contributed by atoms with Gasteiger partial charge >= 0.3 is 0 Å². The van der Waals surface area contributed by atoms with Crippen LogP contribution in [0.15, 0.2) is 25.3 Å². The summed E-state index contributed by atoms with van der Waals surface area (Å²) in [5.41, 5.74) is 0. The largest absolute Gasteiger partial charge is 0.267 e. The van der Waals surface area contributed by atoms with E-state index in [-0.39, 0.29) is 0 Å². The summed E-state index contributed by atoms with van der Waals surface area (Å²) < 4.78 is 7.47. The van der Waals surface area contributed by atoms with Crippen LogP contribution in [0.3, 0.4) is 0 Å². The Morgan fingerprint density at radius 3 is 1.77 bits per heavy atom. The molecule has 0 fully saturated rings. The molecule has 0 aliphatic rings. The van der Waals surface area contributed by atoms with Gasteiger partial charge in [-0.05, 0) is 0 Å². The molecule has 0 unspecified atom stereocenters. The molecule has 6 heteroatoms. The van der Waals surface area contributed by atoms with Crippen LogP contribution < -0.4 is 9.13 Å². The Balaban J connectivity index is 2.14. The van der Waals surface area contributed by atoms with Crippen LogP contribution in [0.25, 0.3) is 0 Å². The van der Waals surface area contributed by atoms with Crippen molar-refractivity contribution in [3.8, 4) is 0 Å². The second kappa shape index (κ2) is 2.96. The summed E-state index contributed by atoms with van der Waals surface area (Å²) in [5, 5.41) is 8.12. The van der Waals surface area contributed by atoms with Crippen LogP contribution in [0.5, 0.6) is 0 Å². The Morgan fingerprint density at radius 2 is 1.46 bits per heavy atom. The van der Waals surface area contributed by atoms with E-state index in [4.69, 9.17) is 0 Å². The number of aromatic nitrogens is 6. The minimum absolute atomic E-state index is 0.738. The van der Waals surface area contributed by atoms with Gasteiger partial charge in [-0.25, -0.2) is 9.13 Å². The van der Waals surface area contributed by atoms with Crippen molar-refractivity contribution in [2.75, 3.05) is 0 Å². The van der Waals surface area contributed by atoms with Gasteiger partial charge in [0, 0.05) is 10.2 Å². The lowest BCUT2D eigenvalue weighted by atomic mass is 10.9. The third kappa shape index (κ3) is 1.71. The lowest BCUT2D eigenvalue weighted by Gasteiger charge is -1.89. The number of rotatable bonds is 2. The maximum absolute atomic E-state index is 4.06.